The number of carbonyl (C=O) groups excluding carboxylic acids is 1. The Balaban J connectivity index is 2.24. The molecule has 0 saturated carbocycles. The summed E-state index contributed by atoms with van der Waals surface area (Å²) >= 11 is 5.89. The van der Waals surface area contributed by atoms with E-state index >= 15 is 0 Å². The number of anilines is 2. The quantitative estimate of drug-likeness (QED) is 0.870. The highest BCUT2D eigenvalue weighted by Gasteiger charge is 2.11. The van der Waals surface area contributed by atoms with Gasteiger partial charge < -0.3 is 11.1 Å². The summed E-state index contributed by atoms with van der Waals surface area (Å²) in [6, 6.07) is 3.24. The summed E-state index contributed by atoms with van der Waals surface area (Å²) in [4.78, 5) is 19.8. The van der Waals surface area contributed by atoms with Gasteiger partial charge in [-0.15, -0.1) is 0 Å². The van der Waals surface area contributed by atoms with Gasteiger partial charge in [0.2, 0.25) is 0 Å². The van der Waals surface area contributed by atoms with Crippen molar-refractivity contribution < 1.29 is 4.79 Å². The highest BCUT2D eigenvalue weighted by molar-refractivity contribution is 6.34. The first-order valence-electron chi connectivity index (χ1n) is 5.20. The molecule has 0 radical (unpaired) electrons. The summed E-state index contributed by atoms with van der Waals surface area (Å²) < 4.78 is 0. The molecule has 0 spiro atoms. The summed E-state index contributed by atoms with van der Waals surface area (Å²) in [7, 11) is 0. The number of rotatable bonds is 2. The van der Waals surface area contributed by atoms with Gasteiger partial charge in [0.15, 0.2) is 0 Å². The van der Waals surface area contributed by atoms with Crippen LogP contribution in [0.4, 0.5) is 11.5 Å². The van der Waals surface area contributed by atoms with E-state index in [1.807, 2.05) is 13.0 Å². The number of hydrogen-bond acceptors (Lipinski definition) is 4. The molecule has 2 rings (SSSR count). The van der Waals surface area contributed by atoms with Crippen LogP contribution in [0.25, 0.3) is 0 Å². The molecule has 0 aliphatic heterocycles. The number of halogens is 1. The normalized spacial score (nSPS) is 10.1. The van der Waals surface area contributed by atoms with Crippen molar-refractivity contribution in [3.8, 4) is 0 Å². The van der Waals surface area contributed by atoms with Crippen molar-refractivity contribution in [1.82, 2.24) is 9.97 Å². The third-order valence-electron chi connectivity index (χ3n) is 2.25. The first-order valence-corrected chi connectivity index (χ1v) is 5.58. The second kappa shape index (κ2) is 5.01. The molecular weight excluding hydrogens is 252 g/mol. The van der Waals surface area contributed by atoms with Crippen molar-refractivity contribution in [2.24, 2.45) is 0 Å². The van der Waals surface area contributed by atoms with E-state index in [0.29, 0.717) is 5.69 Å². The number of nitrogens with one attached hydrogen (secondary N) is 1. The van der Waals surface area contributed by atoms with E-state index < -0.39 is 0 Å². The SMILES string of the molecule is Cc1cncc(NC(=O)c2cc(N)ncc2Cl)c1. The molecule has 0 saturated heterocycles. The van der Waals surface area contributed by atoms with Gasteiger partial charge in [-0.05, 0) is 24.6 Å². The van der Waals surface area contributed by atoms with Crippen molar-refractivity contribution in [2.75, 3.05) is 11.1 Å². The van der Waals surface area contributed by atoms with Gasteiger partial charge in [0.05, 0.1) is 22.5 Å². The number of carbonyl (C=O) groups is 1. The lowest BCUT2D eigenvalue weighted by Crippen LogP contribution is -2.13. The van der Waals surface area contributed by atoms with Gasteiger partial charge in [-0.1, -0.05) is 11.6 Å². The Morgan fingerprint density at radius 2 is 2.11 bits per heavy atom. The molecule has 0 unspecified atom stereocenters. The Kier molecular flexibility index (Phi) is 3.43. The molecule has 92 valence electrons. The number of hydrogen-bond donors (Lipinski definition) is 2. The summed E-state index contributed by atoms with van der Waals surface area (Å²) in [5, 5.41) is 2.95. The summed E-state index contributed by atoms with van der Waals surface area (Å²) in [5.41, 5.74) is 7.36. The number of nitrogens with two attached hydrogens (primary N) is 1. The number of amides is 1. The minimum absolute atomic E-state index is 0.243. The van der Waals surface area contributed by atoms with Gasteiger partial charge >= 0.3 is 0 Å². The lowest BCUT2D eigenvalue weighted by Gasteiger charge is -2.07. The Morgan fingerprint density at radius 3 is 2.83 bits per heavy atom. The summed E-state index contributed by atoms with van der Waals surface area (Å²) in [6.07, 6.45) is 4.61. The predicted octanol–water partition coefficient (Wildman–Crippen LogP) is 2.27. The van der Waals surface area contributed by atoms with E-state index in [9.17, 15) is 4.79 Å². The third kappa shape index (κ3) is 2.75. The van der Waals surface area contributed by atoms with Crippen LogP contribution in [-0.4, -0.2) is 15.9 Å². The molecule has 0 bridgehead atoms. The summed E-state index contributed by atoms with van der Waals surface area (Å²) in [6.45, 7) is 1.89. The van der Waals surface area contributed by atoms with Gasteiger partial charge in [-0.2, -0.15) is 0 Å². The molecule has 1 amide bonds. The molecule has 0 fully saturated rings. The topological polar surface area (TPSA) is 80.9 Å². The average molecular weight is 263 g/mol. The van der Waals surface area contributed by atoms with Crippen molar-refractivity contribution >= 4 is 29.0 Å². The highest BCUT2D eigenvalue weighted by atomic mass is 35.5. The van der Waals surface area contributed by atoms with Crippen LogP contribution in [0.3, 0.4) is 0 Å². The lowest BCUT2D eigenvalue weighted by molar-refractivity contribution is 0.102. The number of aromatic nitrogens is 2. The molecule has 2 aromatic rings. The maximum absolute atomic E-state index is 12.0. The molecule has 0 aromatic carbocycles. The maximum Gasteiger partial charge on any atom is 0.257 e. The fourth-order valence-electron chi connectivity index (χ4n) is 1.45. The van der Waals surface area contributed by atoms with Crippen LogP contribution in [0.2, 0.25) is 5.02 Å². The van der Waals surface area contributed by atoms with Crippen LogP contribution in [0.15, 0.2) is 30.7 Å². The van der Waals surface area contributed by atoms with E-state index in [1.165, 1.54) is 12.3 Å². The van der Waals surface area contributed by atoms with Gasteiger partial charge in [0.1, 0.15) is 5.82 Å². The molecule has 5 nitrogen and oxygen atoms in total. The number of aryl methyl sites for hydroxylation is 1. The molecule has 2 aromatic heterocycles. The Labute approximate surface area is 109 Å². The van der Waals surface area contributed by atoms with Crippen LogP contribution in [0.1, 0.15) is 15.9 Å². The minimum Gasteiger partial charge on any atom is -0.384 e. The molecule has 3 N–H and O–H groups in total. The predicted molar refractivity (Wildman–Crippen MR) is 70.6 cm³/mol. The Hall–Kier alpha value is -2.14. The fraction of sp³-hybridized carbons (Fsp3) is 0.0833. The smallest absolute Gasteiger partial charge is 0.257 e. The van der Waals surface area contributed by atoms with Crippen molar-refractivity contribution in [2.45, 2.75) is 6.92 Å². The van der Waals surface area contributed by atoms with Crippen molar-refractivity contribution in [3.05, 3.63) is 46.9 Å². The molecule has 18 heavy (non-hydrogen) atoms. The standard InChI is InChI=1S/C12H11ClN4O/c1-7-2-8(5-15-4-7)17-12(18)9-3-11(14)16-6-10(9)13/h2-6H,1H3,(H2,14,16)(H,17,18). The maximum atomic E-state index is 12.0. The zero-order chi connectivity index (χ0) is 13.1. The number of nitrogens with zero attached hydrogens (tertiary/aromatic N) is 2. The van der Waals surface area contributed by atoms with Crippen LogP contribution >= 0.6 is 11.6 Å². The second-order valence-corrected chi connectivity index (χ2v) is 4.20. The van der Waals surface area contributed by atoms with Crippen LogP contribution in [-0.2, 0) is 0 Å². The Morgan fingerprint density at radius 1 is 1.33 bits per heavy atom. The molecule has 2 heterocycles. The Bertz CT molecular complexity index is 600. The first-order chi connectivity index (χ1) is 8.56. The minimum atomic E-state index is -0.346. The van der Waals surface area contributed by atoms with E-state index in [-0.39, 0.29) is 22.3 Å². The van der Waals surface area contributed by atoms with Gasteiger partial charge in [-0.3, -0.25) is 9.78 Å². The van der Waals surface area contributed by atoms with Gasteiger partial charge in [-0.25, -0.2) is 4.98 Å². The van der Waals surface area contributed by atoms with Crippen molar-refractivity contribution in [1.29, 1.82) is 0 Å². The molecule has 6 heteroatoms. The van der Waals surface area contributed by atoms with E-state index in [1.54, 1.807) is 12.4 Å². The first kappa shape index (κ1) is 12.3. The number of nitrogen functional groups attached to an aromatic ring is 1. The van der Waals surface area contributed by atoms with Crippen LogP contribution < -0.4 is 11.1 Å². The molecule has 0 atom stereocenters. The zero-order valence-electron chi connectivity index (χ0n) is 9.64. The van der Waals surface area contributed by atoms with E-state index in [2.05, 4.69) is 15.3 Å². The van der Waals surface area contributed by atoms with Crippen molar-refractivity contribution in [3.63, 3.8) is 0 Å². The van der Waals surface area contributed by atoms with Gasteiger partial charge in [0.25, 0.3) is 5.91 Å². The lowest BCUT2D eigenvalue weighted by atomic mass is 10.2. The molecular formula is C12H11ClN4O. The van der Waals surface area contributed by atoms with E-state index in [4.69, 9.17) is 17.3 Å². The third-order valence-corrected chi connectivity index (χ3v) is 2.56. The largest absolute Gasteiger partial charge is 0.384 e. The molecule has 0 aliphatic carbocycles. The molecule has 0 aliphatic rings. The number of pyridine rings is 2. The fourth-order valence-corrected chi connectivity index (χ4v) is 1.64. The highest BCUT2D eigenvalue weighted by Crippen LogP contribution is 2.18. The summed E-state index contributed by atoms with van der Waals surface area (Å²) in [5.74, 6) is -0.103. The van der Waals surface area contributed by atoms with E-state index in [0.717, 1.165) is 5.56 Å². The monoisotopic (exact) mass is 262 g/mol. The second-order valence-electron chi connectivity index (χ2n) is 3.79. The average Bonchev–Trinajstić information content (AvgIpc) is 2.32. The van der Waals surface area contributed by atoms with Crippen LogP contribution in [0, 0.1) is 6.92 Å². The zero-order valence-corrected chi connectivity index (χ0v) is 10.4. The van der Waals surface area contributed by atoms with Gasteiger partial charge in [0, 0.05) is 12.4 Å². The van der Waals surface area contributed by atoms with Crippen LogP contribution in [0.5, 0.6) is 0 Å².